The Morgan fingerprint density at radius 2 is 1.86 bits per heavy atom. The minimum atomic E-state index is -0.881. The maximum atomic E-state index is 13.7. The number of aliphatic hydroxyl groups excluding tert-OH is 1. The zero-order chi connectivity index (χ0) is 29.7. The highest BCUT2D eigenvalue weighted by atomic mass is 16.6. The van der Waals surface area contributed by atoms with Gasteiger partial charge in [-0.05, 0) is 56.9 Å². The number of carbonyl (C=O) groups is 3. The van der Waals surface area contributed by atoms with Gasteiger partial charge in [0.2, 0.25) is 5.91 Å². The first-order valence-electron chi connectivity index (χ1n) is 15.0. The summed E-state index contributed by atoms with van der Waals surface area (Å²) < 4.78 is 17.7. The van der Waals surface area contributed by atoms with Gasteiger partial charge in [-0.25, -0.2) is 4.79 Å². The minimum Gasteiger partial charge on any atom is -0.462 e. The second-order valence-electron chi connectivity index (χ2n) is 11.2. The largest absolute Gasteiger partial charge is 0.462 e. The summed E-state index contributed by atoms with van der Waals surface area (Å²) in [6.07, 6.45) is 6.15. The van der Waals surface area contributed by atoms with Crippen LogP contribution >= 0.6 is 0 Å². The van der Waals surface area contributed by atoms with E-state index in [4.69, 9.17) is 19.3 Å². The Labute approximate surface area is 246 Å². The number of fused-ring (bicyclic) bond motifs is 3. The number of piperidine rings is 1. The normalized spacial score (nSPS) is 21.8. The predicted molar refractivity (Wildman–Crippen MR) is 156 cm³/mol. The molecule has 0 saturated carbocycles. The lowest BCUT2D eigenvalue weighted by Crippen LogP contribution is -2.51. The molecule has 4 heterocycles. The van der Waals surface area contributed by atoms with Crippen molar-refractivity contribution in [1.29, 1.82) is 0 Å². The Bertz CT molecular complexity index is 1340. The lowest BCUT2D eigenvalue weighted by molar-refractivity contribution is -0.148. The Morgan fingerprint density at radius 1 is 1.10 bits per heavy atom. The van der Waals surface area contributed by atoms with Crippen LogP contribution in [0, 0.1) is 5.41 Å². The SMILES string of the molecule is CC[C@@]12C=C(C(=O)NCC(=O)N[C@@H](C)C(=O)OCCOCCOCCO)n3c4c(c5ccccc53)CCN(CCC1)[C@H]42. The molecule has 5 rings (SSSR count). The Kier molecular flexibility index (Phi) is 9.62. The molecule has 228 valence electrons. The first kappa shape index (κ1) is 30.2. The van der Waals surface area contributed by atoms with E-state index in [1.54, 1.807) is 0 Å². The van der Waals surface area contributed by atoms with Crippen molar-refractivity contribution in [2.45, 2.75) is 51.6 Å². The van der Waals surface area contributed by atoms with Crippen LogP contribution in [-0.2, 0) is 35.0 Å². The smallest absolute Gasteiger partial charge is 0.328 e. The summed E-state index contributed by atoms with van der Waals surface area (Å²) in [6.45, 7) is 6.65. The summed E-state index contributed by atoms with van der Waals surface area (Å²) in [5.41, 5.74) is 4.00. The molecule has 1 saturated heterocycles. The fraction of sp³-hybridized carbons (Fsp3) is 0.581. The van der Waals surface area contributed by atoms with Crippen molar-refractivity contribution in [3.05, 3.63) is 41.6 Å². The summed E-state index contributed by atoms with van der Waals surface area (Å²) in [5.74, 6) is -1.38. The molecule has 3 N–H and O–H groups in total. The molecule has 3 aliphatic heterocycles. The number of nitrogens with one attached hydrogen (secondary N) is 2. The molecule has 0 aliphatic carbocycles. The van der Waals surface area contributed by atoms with Crippen molar-refractivity contribution in [3.8, 4) is 0 Å². The number of ether oxygens (including phenoxy) is 3. The van der Waals surface area contributed by atoms with Crippen molar-refractivity contribution in [3.63, 3.8) is 0 Å². The van der Waals surface area contributed by atoms with Crippen molar-refractivity contribution >= 4 is 34.4 Å². The number of benzene rings is 1. The molecule has 42 heavy (non-hydrogen) atoms. The number of hydrogen-bond acceptors (Lipinski definition) is 8. The molecule has 11 heteroatoms. The average Bonchev–Trinajstić information content (AvgIpc) is 3.35. The van der Waals surface area contributed by atoms with Gasteiger partial charge >= 0.3 is 5.97 Å². The standard InChI is InChI=1S/C31H42N4O7/c1-3-31-10-6-11-34-12-9-23-22-7-4-5-8-24(22)35(27(23)28(31)34)25(19-31)29(38)32-20-26(37)33-21(2)30(39)42-18-17-41-16-15-40-14-13-36/h4-5,7-8,19,21,28,36H,3,6,9-18,20H2,1-2H3,(H,32,38)(H,33,37)/t21-,28+,31-/m0/s1. The van der Waals surface area contributed by atoms with E-state index in [9.17, 15) is 14.4 Å². The first-order chi connectivity index (χ1) is 20.4. The average molecular weight is 583 g/mol. The molecule has 0 spiro atoms. The molecule has 0 bridgehead atoms. The Balaban J connectivity index is 1.21. The third-order valence-corrected chi connectivity index (χ3v) is 8.70. The molecule has 1 fully saturated rings. The van der Waals surface area contributed by atoms with E-state index in [0.717, 1.165) is 44.3 Å². The van der Waals surface area contributed by atoms with Gasteiger partial charge in [-0.1, -0.05) is 25.1 Å². The number of para-hydroxylation sites is 1. The highest BCUT2D eigenvalue weighted by Gasteiger charge is 2.51. The number of rotatable bonds is 14. The van der Waals surface area contributed by atoms with Crippen LogP contribution in [-0.4, -0.2) is 97.7 Å². The number of amides is 2. The van der Waals surface area contributed by atoms with E-state index in [1.165, 1.54) is 23.6 Å². The molecule has 0 radical (unpaired) electrons. The summed E-state index contributed by atoms with van der Waals surface area (Å²) in [4.78, 5) is 41.3. The van der Waals surface area contributed by atoms with Gasteiger partial charge in [0.1, 0.15) is 18.3 Å². The maximum Gasteiger partial charge on any atom is 0.328 e. The second kappa shape index (κ2) is 13.4. The van der Waals surface area contributed by atoms with E-state index in [0.29, 0.717) is 18.9 Å². The number of esters is 1. The predicted octanol–water partition coefficient (Wildman–Crippen LogP) is 1.77. The number of nitrogens with zero attached hydrogens (tertiary/aromatic N) is 2. The van der Waals surface area contributed by atoms with Crippen LogP contribution in [0.1, 0.15) is 50.4 Å². The van der Waals surface area contributed by atoms with E-state index in [1.807, 2.05) is 12.1 Å². The van der Waals surface area contributed by atoms with Crippen molar-refractivity contribution < 1.29 is 33.7 Å². The summed E-state index contributed by atoms with van der Waals surface area (Å²) in [6, 6.07) is 7.62. The second-order valence-corrected chi connectivity index (χ2v) is 11.2. The van der Waals surface area contributed by atoms with Crippen LogP contribution in [0.3, 0.4) is 0 Å². The van der Waals surface area contributed by atoms with Crippen molar-refractivity contribution in [2.75, 3.05) is 59.3 Å². The fourth-order valence-electron chi connectivity index (χ4n) is 6.76. The van der Waals surface area contributed by atoms with Crippen molar-refractivity contribution in [1.82, 2.24) is 20.1 Å². The number of hydrogen-bond donors (Lipinski definition) is 3. The monoisotopic (exact) mass is 582 g/mol. The summed E-state index contributed by atoms with van der Waals surface area (Å²) in [7, 11) is 0. The molecule has 1 aromatic heterocycles. The lowest BCUT2D eigenvalue weighted by atomic mass is 9.66. The third-order valence-electron chi connectivity index (χ3n) is 8.70. The van der Waals surface area contributed by atoms with Crippen LogP contribution in [0.4, 0.5) is 0 Å². The lowest BCUT2D eigenvalue weighted by Gasteiger charge is -2.53. The van der Waals surface area contributed by atoms with Crippen LogP contribution in [0.5, 0.6) is 0 Å². The van der Waals surface area contributed by atoms with Crippen LogP contribution in [0.15, 0.2) is 30.3 Å². The maximum absolute atomic E-state index is 13.7. The van der Waals surface area contributed by atoms with E-state index in [2.05, 4.69) is 45.2 Å². The van der Waals surface area contributed by atoms with Gasteiger partial charge in [0.05, 0.1) is 51.1 Å². The molecule has 2 aromatic rings. The van der Waals surface area contributed by atoms with Gasteiger partial charge in [-0.15, -0.1) is 0 Å². The van der Waals surface area contributed by atoms with E-state index < -0.39 is 17.9 Å². The molecule has 11 nitrogen and oxygen atoms in total. The first-order valence-corrected chi connectivity index (χ1v) is 15.0. The highest BCUT2D eigenvalue weighted by Crippen LogP contribution is 2.56. The van der Waals surface area contributed by atoms with Crippen LogP contribution in [0.2, 0.25) is 0 Å². The van der Waals surface area contributed by atoms with Gasteiger partial charge in [0.25, 0.3) is 5.91 Å². The highest BCUT2D eigenvalue weighted by molar-refractivity contribution is 6.17. The van der Waals surface area contributed by atoms with E-state index in [-0.39, 0.29) is 50.3 Å². The van der Waals surface area contributed by atoms with E-state index >= 15 is 0 Å². The molecule has 0 unspecified atom stereocenters. The van der Waals surface area contributed by atoms with Crippen LogP contribution < -0.4 is 10.6 Å². The quantitative estimate of drug-likeness (QED) is 0.227. The topological polar surface area (TPSA) is 131 Å². The van der Waals surface area contributed by atoms with Gasteiger partial charge in [0.15, 0.2) is 0 Å². The van der Waals surface area contributed by atoms with Gasteiger partial charge in [-0.3, -0.25) is 14.5 Å². The zero-order valence-electron chi connectivity index (χ0n) is 24.5. The molecular formula is C31H42N4O7. The number of carbonyl (C=O) groups excluding carboxylic acids is 3. The Morgan fingerprint density at radius 3 is 2.64 bits per heavy atom. The minimum absolute atomic E-state index is 0.0384. The Hall–Kier alpha value is -3.25. The molecule has 3 aliphatic rings. The van der Waals surface area contributed by atoms with Gasteiger partial charge in [-0.2, -0.15) is 0 Å². The van der Waals surface area contributed by atoms with Gasteiger partial charge in [0, 0.05) is 23.0 Å². The summed E-state index contributed by atoms with van der Waals surface area (Å²) >= 11 is 0. The molecule has 1 aromatic carbocycles. The van der Waals surface area contributed by atoms with Crippen LogP contribution in [0.25, 0.3) is 16.6 Å². The molecular weight excluding hydrogens is 540 g/mol. The van der Waals surface area contributed by atoms with Gasteiger partial charge < -0.3 is 34.5 Å². The molecule has 3 atom stereocenters. The zero-order valence-corrected chi connectivity index (χ0v) is 24.5. The number of aromatic nitrogens is 1. The fourth-order valence-corrected chi connectivity index (χ4v) is 6.76. The molecule has 2 amide bonds. The number of aliphatic hydroxyl groups is 1. The van der Waals surface area contributed by atoms with Crippen molar-refractivity contribution in [2.24, 2.45) is 5.41 Å². The summed E-state index contributed by atoms with van der Waals surface area (Å²) in [5, 5.41) is 15.3. The third kappa shape index (κ3) is 5.96.